The first kappa shape index (κ1) is 21.5. The molecule has 0 saturated heterocycles. The number of aryl methyl sites for hydroxylation is 1. The van der Waals surface area contributed by atoms with Crippen LogP contribution < -0.4 is 5.14 Å². The minimum Gasteiger partial charge on any atom is -0.451 e. The van der Waals surface area contributed by atoms with Crippen LogP contribution in [0.15, 0.2) is 70.0 Å². The molecule has 0 unspecified atom stereocenters. The molecule has 9 heteroatoms. The summed E-state index contributed by atoms with van der Waals surface area (Å²) in [5.41, 5.74) is 3.03. The molecule has 0 aliphatic heterocycles. The summed E-state index contributed by atoms with van der Waals surface area (Å²) in [5.74, 6) is -1.06. The van der Waals surface area contributed by atoms with E-state index in [0.717, 1.165) is 11.1 Å². The molecule has 0 spiro atoms. The van der Waals surface area contributed by atoms with Crippen LogP contribution in [0.3, 0.4) is 0 Å². The Morgan fingerprint density at radius 3 is 2.38 bits per heavy atom. The number of sulfonamides is 1. The van der Waals surface area contributed by atoms with Gasteiger partial charge >= 0.3 is 5.97 Å². The molecule has 2 heterocycles. The first-order chi connectivity index (χ1) is 15.1. The Morgan fingerprint density at radius 1 is 1.03 bits per heavy atom. The van der Waals surface area contributed by atoms with Gasteiger partial charge in [0.25, 0.3) is 0 Å². The summed E-state index contributed by atoms with van der Waals surface area (Å²) < 4.78 is 35.4. The normalized spacial score (nSPS) is 11.6. The number of Topliss-reactive ketones (excluding diaryl/α,β-unsaturated/α-hetero) is 1. The lowest BCUT2D eigenvalue weighted by Gasteiger charge is -2.10. The molecule has 0 bridgehead atoms. The van der Waals surface area contributed by atoms with Crippen LogP contribution in [0.1, 0.15) is 32.3 Å². The first-order valence-corrected chi connectivity index (χ1v) is 11.2. The fraction of sp³-hybridized carbons (Fsp3) is 0.130. The number of aromatic nitrogens is 1. The largest absolute Gasteiger partial charge is 0.451 e. The van der Waals surface area contributed by atoms with Gasteiger partial charge in [-0.05, 0) is 56.3 Å². The third-order valence-electron chi connectivity index (χ3n) is 5.12. The fourth-order valence-electron chi connectivity index (χ4n) is 3.59. The van der Waals surface area contributed by atoms with Gasteiger partial charge in [-0.2, -0.15) is 0 Å². The topological polar surface area (TPSA) is 122 Å². The highest BCUT2D eigenvalue weighted by Crippen LogP contribution is 2.23. The lowest BCUT2D eigenvalue weighted by molar-refractivity contribution is 0.0446. The molecule has 8 nitrogen and oxygen atoms in total. The molecule has 0 amide bonds. The van der Waals surface area contributed by atoms with E-state index >= 15 is 0 Å². The third kappa shape index (κ3) is 4.08. The number of ketones is 1. The summed E-state index contributed by atoms with van der Waals surface area (Å²) in [6, 6.07) is 16.5. The maximum atomic E-state index is 12.7. The number of ether oxygens (including phenoxy) is 1. The van der Waals surface area contributed by atoms with Gasteiger partial charge in [-0.25, -0.2) is 18.4 Å². The molecule has 0 radical (unpaired) electrons. The molecule has 0 aliphatic carbocycles. The zero-order valence-corrected chi connectivity index (χ0v) is 18.2. The maximum Gasteiger partial charge on any atom is 0.374 e. The number of carbonyl (C=O) groups excluding carboxylic acids is 2. The molecular formula is C23H20N2O6S. The number of primary sulfonamides is 1. The zero-order chi connectivity index (χ0) is 23.0. The lowest BCUT2D eigenvalue weighted by Crippen LogP contribution is -2.14. The molecular weight excluding hydrogens is 432 g/mol. The van der Waals surface area contributed by atoms with E-state index in [9.17, 15) is 18.0 Å². The van der Waals surface area contributed by atoms with E-state index in [4.69, 9.17) is 14.3 Å². The Bertz CT molecular complexity index is 1410. The van der Waals surface area contributed by atoms with Crippen molar-refractivity contribution in [3.05, 3.63) is 83.4 Å². The summed E-state index contributed by atoms with van der Waals surface area (Å²) in [4.78, 5) is 25.0. The Labute approximate surface area is 184 Å². The van der Waals surface area contributed by atoms with E-state index in [1.54, 1.807) is 47.9 Å². The standard InChI is InChI=1S/C23H20N2O6S/c1-14-11-19(15(2)25(14)17-7-9-18(10-8-17)32(24,28)29)20(26)13-30-23(27)22-12-16-5-3-4-6-21(16)31-22/h3-12H,13H2,1-2H3,(H2,24,28,29). The number of esters is 1. The predicted molar refractivity (Wildman–Crippen MR) is 117 cm³/mol. The number of rotatable bonds is 6. The van der Waals surface area contributed by atoms with E-state index in [1.165, 1.54) is 12.1 Å². The number of benzene rings is 2. The SMILES string of the molecule is Cc1cc(C(=O)COC(=O)c2cc3ccccc3o2)c(C)n1-c1ccc(S(N)(=O)=O)cc1. The van der Waals surface area contributed by atoms with Crippen molar-refractivity contribution in [3.8, 4) is 5.69 Å². The molecule has 0 aliphatic rings. The van der Waals surface area contributed by atoms with E-state index < -0.39 is 22.6 Å². The molecule has 164 valence electrons. The third-order valence-corrected chi connectivity index (χ3v) is 6.05. The summed E-state index contributed by atoms with van der Waals surface area (Å²) in [6.45, 7) is 3.14. The second-order valence-electron chi connectivity index (χ2n) is 7.31. The highest BCUT2D eigenvalue weighted by molar-refractivity contribution is 7.89. The zero-order valence-electron chi connectivity index (χ0n) is 17.4. The van der Waals surface area contributed by atoms with Crippen molar-refractivity contribution < 1.29 is 27.2 Å². The van der Waals surface area contributed by atoms with E-state index in [0.29, 0.717) is 22.5 Å². The minimum atomic E-state index is -3.80. The monoisotopic (exact) mass is 452 g/mol. The van der Waals surface area contributed by atoms with Crippen molar-refractivity contribution in [2.24, 2.45) is 5.14 Å². The van der Waals surface area contributed by atoms with Gasteiger partial charge in [0.1, 0.15) is 5.58 Å². The van der Waals surface area contributed by atoms with Gasteiger partial charge in [-0.15, -0.1) is 0 Å². The summed E-state index contributed by atoms with van der Waals surface area (Å²) in [5, 5.41) is 5.91. The van der Waals surface area contributed by atoms with Crippen LogP contribution >= 0.6 is 0 Å². The van der Waals surface area contributed by atoms with Crippen molar-refractivity contribution in [1.82, 2.24) is 4.57 Å². The van der Waals surface area contributed by atoms with Crippen LogP contribution in [0.25, 0.3) is 16.7 Å². The molecule has 2 aromatic heterocycles. The predicted octanol–water partition coefficient (Wildman–Crippen LogP) is 3.53. The number of carbonyl (C=O) groups is 2. The Kier molecular flexibility index (Phi) is 5.45. The average molecular weight is 452 g/mol. The van der Waals surface area contributed by atoms with Crippen molar-refractivity contribution in [1.29, 1.82) is 0 Å². The van der Waals surface area contributed by atoms with Gasteiger partial charge in [-0.1, -0.05) is 18.2 Å². The van der Waals surface area contributed by atoms with Gasteiger partial charge in [0.05, 0.1) is 4.90 Å². The highest BCUT2D eigenvalue weighted by atomic mass is 32.2. The summed E-state index contributed by atoms with van der Waals surface area (Å²) in [6.07, 6.45) is 0. The Balaban J connectivity index is 1.51. The second kappa shape index (κ2) is 8.10. The van der Waals surface area contributed by atoms with Crippen molar-refractivity contribution in [2.75, 3.05) is 6.61 Å². The van der Waals surface area contributed by atoms with Crippen molar-refractivity contribution >= 4 is 32.7 Å². The van der Waals surface area contributed by atoms with Crippen LogP contribution in [-0.2, 0) is 14.8 Å². The number of fused-ring (bicyclic) bond motifs is 1. The van der Waals surface area contributed by atoms with Crippen LogP contribution in [0.4, 0.5) is 0 Å². The van der Waals surface area contributed by atoms with Gasteiger partial charge in [0, 0.05) is 28.0 Å². The van der Waals surface area contributed by atoms with Crippen LogP contribution in [0.5, 0.6) is 0 Å². The van der Waals surface area contributed by atoms with Gasteiger partial charge in [-0.3, -0.25) is 4.79 Å². The summed E-state index contributed by atoms with van der Waals surface area (Å²) >= 11 is 0. The summed E-state index contributed by atoms with van der Waals surface area (Å²) in [7, 11) is -3.80. The molecule has 4 rings (SSSR count). The Morgan fingerprint density at radius 2 is 1.72 bits per heavy atom. The molecule has 0 fully saturated rings. The van der Waals surface area contributed by atoms with Gasteiger partial charge in [0.15, 0.2) is 6.61 Å². The van der Waals surface area contributed by atoms with Gasteiger partial charge in [0.2, 0.25) is 21.6 Å². The molecule has 0 atom stereocenters. The van der Waals surface area contributed by atoms with Crippen LogP contribution in [0, 0.1) is 13.8 Å². The van der Waals surface area contributed by atoms with Crippen molar-refractivity contribution in [2.45, 2.75) is 18.7 Å². The second-order valence-corrected chi connectivity index (χ2v) is 8.87. The number of para-hydroxylation sites is 1. The molecule has 32 heavy (non-hydrogen) atoms. The molecule has 4 aromatic rings. The maximum absolute atomic E-state index is 12.7. The van der Waals surface area contributed by atoms with E-state index in [1.807, 2.05) is 19.1 Å². The number of hydrogen-bond acceptors (Lipinski definition) is 6. The van der Waals surface area contributed by atoms with E-state index in [2.05, 4.69) is 0 Å². The molecule has 2 aromatic carbocycles. The Hall–Kier alpha value is -3.69. The van der Waals surface area contributed by atoms with E-state index in [-0.39, 0.29) is 16.4 Å². The lowest BCUT2D eigenvalue weighted by atomic mass is 10.1. The van der Waals surface area contributed by atoms with Crippen LogP contribution in [-0.4, -0.2) is 31.3 Å². The molecule has 0 saturated carbocycles. The number of furan rings is 1. The quantitative estimate of drug-likeness (QED) is 0.353. The minimum absolute atomic E-state index is 0.00230. The number of nitrogens with two attached hydrogens (primary N) is 1. The van der Waals surface area contributed by atoms with Gasteiger partial charge < -0.3 is 13.7 Å². The smallest absolute Gasteiger partial charge is 0.374 e. The van der Waals surface area contributed by atoms with Crippen LogP contribution in [0.2, 0.25) is 0 Å². The number of nitrogens with zero attached hydrogens (tertiary/aromatic N) is 1. The van der Waals surface area contributed by atoms with Crippen molar-refractivity contribution in [3.63, 3.8) is 0 Å². The fourth-order valence-corrected chi connectivity index (χ4v) is 4.11. The molecule has 2 N–H and O–H groups in total. The first-order valence-electron chi connectivity index (χ1n) is 9.66. The highest BCUT2D eigenvalue weighted by Gasteiger charge is 2.20. The average Bonchev–Trinajstić information content (AvgIpc) is 3.32. The number of hydrogen-bond donors (Lipinski definition) is 1.